The van der Waals surface area contributed by atoms with Gasteiger partial charge < -0.3 is 19.3 Å². The molecule has 1 fully saturated rings. The zero-order chi connectivity index (χ0) is 18.9. The van der Waals surface area contributed by atoms with E-state index in [1.54, 1.807) is 30.6 Å². The van der Waals surface area contributed by atoms with E-state index in [9.17, 15) is 4.79 Å². The topological polar surface area (TPSA) is 103 Å². The number of pyridine rings is 1. The van der Waals surface area contributed by atoms with Gasteiger partial charge >= 0.3 is 0 Å². The molecule has 3 aromatic rings. The average Bonchev–Trinajstić information content (AvgIpc) is 3.34. The van der Waals surface area contributed by atoms with Gasteiger partial charge in [-0.3, -0.25) is 14.7 Å². The lowest BCUT2D eigenvalue weighted by Crippen LogP contribution is -2.48. The maximum Gasteiger partial charge on any atom is 0.238 e. The maximum atomic E-state index is 12.3. The van der Waals surface area contributed by atoms with Gasteiger partial charge in [0.1, 0.15) is 0 Å². The van der Waals surface area contributed by atoms with Crippen molar-refractivity contribution in [1.82, 2.24) is 20.0 Å². The number of ether oxygens (including phenoxy) is 2. The van der Waals surface area contributed by atoms with Gasteiger partial charge in [-0.1, -0.05) is 5.16 Å². The molecule has 9 heteroatoms. The first-order chi connectivity index (χ1) is 13.7. The first-order valence-corrected chi connectivity index (χ1v) is 8.90. The average molecular weight is 379 g/mol. The van der Waals surface area contributed by atoms with Crippen molar-refractivity contribution in [3.63, 3.8) is 0 Å². The van der Waals surface area contributed by atoms with Gasteiger partial charge in [-0.15, -0.1) is 0 Å². The summed E-state index contributed by atoms with van der Waals surface area (Å²) in [5.41, 5.74) is 1.50. The molecular formula is C19H17N5O4. The molecule has 4 heterocycles. The number of carbonyl (C=O) groups excluding carboxylic acids is 1. The first kappa shape index (κ1) is 16.7. The number of nitrogens with one attached hydrogen (secondary N) is 1. The number of benzene rings is 1. The third-order valence-electron chi connectivity index (χ3n) is 4.69. The van der Waals surface area contributed by atoms with Gasteiger partial charge in [-0.2, -0.15) is 4.98 Å². The van der Waals surface area contributed by atoms with Crippen LogP contribution in [0.2, 0.25) is 0 Å². The molecule has 142 valence electrons. The van der Waals surface area contributed by atoms with Crippen molar-refractivity contribution in [2.75, 3.05) is 31.7 Å². The lowest BCUT2D eigenvalue weighted by atomic mass is 10.0. The standard InChI is InChI=1S/C19H17N5O4/c25-17(21-14-3-4-15-16(6-14)27-11-26-15)10-24-8-13(9-24)19-22-18(23-28-19)12-2-1-5-20-7-12/h1-7,13H,8-11H2,(H,21,25). The van der Waals surface area contributed by atoms with Crippen LogP contribution in [0.3, 0.4) is 0 Å². The largest absolute Gasteiger partial charge is 0.454 e. The predicted molar refractivity (Wildman–Crippen MR) is 97.9 cm³/mol. The number of likely N-dealkylation sites (tertiary alicyclic amines) is 1. The summed E-state index contributed by atoms with van der Waals surface area (Å²) in [4.78, 5) is 22.8. The lowest BCUT2D eigenvalue weighted by molar-refractivity contribution is -0.118. The highest BCUT2D eigenvalue weighted by molar-refractivity contribution is 5.92. The fourth-order valence-electron chi connectivity index (χ4n) is 3.25. The van der Waals surface area contributed by atoms with Crippen LogP contribution in [-0.2, 0) is 4.79 Å². The Kier molecular flexibility index (Phi) is 4.13. The Bertz CT molecular complexity index is 1000. The second kappa shape index (κ2) is 6.93. The Morgan fingerprint density at radius 2 is 2.11 bits per heavy atom. The Morgan fingerprint density at radius 1 is 1.21 bits per heavy atom. The summed E-state index contributed by atoms with van der Waals surface area (Å²) < 4.78 is 16.0. The quantitative estimate of drug-likeness (QED) is 0.717. The molecule has 28 heavy (non-hydrogen) atoms. The zero-order valence-electron chi connectivity index (χ0n) is 14.9. The predicted octanol–water partition coefficient (Wildman–Crippen LogP) is 1.90. The van der Waals surface area contributed by atoms with Crippen LogP contribution in [0.5, 0.6) is 11.5 Å². The molecule has 0 aliphatic carbocycles. The fraction of sp³-hybridized carbons (Fsp3) is 0.263. The van der Waals surface area contributed by atoms with Crippen molar-refractivity contribution in [3.8, 4) is 22.9 Å². The number of amides is 1. The summed E-state index contributed by atoms with van der Waals surface area (Å²) in [6.45, 7) is 1.90. The number of carbonyl (C=O) groups is 1. The van der Waals surface area contributed by atoms with E-state index in [1.165, 1.54) is 0 Å². The Morgan fingerprint density at radius 3 is 2.96 bits per heavy atom. The van der Waals surface area contributed by atoms with Crippen LogP contribution in [0.4, 0.5) is 5.69 Å². The second-order valence-corrected chi connectivity index (χ2v) is 6.71. The maximum absolute atomic E-state index is 12.3. The summed E-state index contributed by atoms with van der Waals surface area (Å²) in [5.74, 6) is 2.50. The minimum absolute atomic E-state index is 0.0844. The van der Waals surface area contributed by atoms with Crippen molar-refractivity contribution in [1.29, 1.82) is 0 Å². The van der Waals surface area contributed by atoms with Crippen molar-refractivity contribution >= 4 is 11.6 Å². The highest BCUT2D eigenvalue weighted by Crippen LogP contribution is 2.34. The highest BCUT2D eigenvalue weighted by atomic mass is 16.7. The van der Waals surface area contributed by atoms with Gasteiger partial charge in [0.05, 0.1) is 12.5 Å². The first-order valence-electron chi connectivity index (χ1n) is 8.90. The van der Waals surface area contributed by atoms with Crippen LogP contribution in [0.15, 0.2) is 47.2 Å². The van der Waals surface area contributed by atoms with Crippen molar-refractivity contribution in [3.05, 3.63) is 48.6 Å². The number of anilines is 1. The summed E-state index contributed by atoms with van der Waals surface area (Å²) >= 11 is 0. The fourth-order valence-corrected chi connectivity index (χ4v) is 3.25. The minimum atomic E-state index is -0.0844. The van der Waals surface area contributed by atoms with E-state index in [-0.39, 0.29) is 18.6 Å². The molecule has 0 bridgehead atoms. The molecule has 2 aliphatic heterocycles. The number of fused-ring (bicyclic) bond motifs is 1. The number of rotatable bonds is 5. The van der Waals surface area contributed by atoms with Gasteiger partial charge in [0.2, 0.25) is 24.4 Å². The normalized spacial score (nSPS) is 16.0. The molecule has 0 saturated carbocycles. The highest BCUT2D eigenvalue weighted by Gasteiger charge is 2.33. The molecular weight excluding hydrogens is 362 g/mol. The van der Waals surface area contributed by atoms with Gasteiger partial charge in [0.25, 0.3) is 0 Å². The second-order valence-electron chi connectivity index (χ2n) is 6.71. The van der Waals surface area contributed by atoms with E-state index >= 15 is 0 Å². The molecule has 2 aliphatic rings. The van der Waals surface area contributed by atoms with E-state index in [4.69, 9.17) is 14.0 Å². The Hall–Kier alpha value is -3.46. The summed E-state index contributed by atoms with van der Waals surface area (Å²) in [6, 6.07) is 9.05. The van der Waals surface area contributed by atoms with Crippen LogP contribution in [0, 0.1) is 0 Å². The lowest BCUT2D eigenvalue weighted by Gasteiger charge is -2.36. The van der Waals surface area contributed by atoms with Gasteiger partial charge in [0, 0.05) is 42.8 Å². The molecule has 1 aromatic carbocycles. The Labute approximate surface area is 160 Å². The number of hydrogen-bond donors (Lipinski definition) is 1. The summed E-state index contributed by atoms with van der Waals surface area (Å²) in [6.07, 6.45) is 3.39. The van der Waals surface area contributed by atoms with Crippen LogP contribution >= 0.6 is 0 Å². The van der Waals surface area contributed by atoms with E-state index in [0.717, 1.165) is 5.56 Å². The van der Waals surface area contributed by atoms with E-state index in [1.807, 2.05) is 17.0 Å². The number of nitrogens with zero attached hydrogens (tertiary/aromatic N) is 4. The van der Waals surface area contributed by atoms with Crippen LogP contribution in [0.1, 0.15) is 11.8 Å². The van der Waals surface area contributed by atoms with E-state index in [2.05, 4.69) is 20.4 Å². The third kappa shape index (κ3) is 3.27. The molecule has 5 rings (SSSR count). The van der Waals surface area contributed by atoms with Gasteiger partial charge in [-0.05, 0) is 24.3 Å². The molecule has 2 aromatic heterocycles. The van der Waals surface area contributed by atoms with Gasteiger partial charge in [-0.25, -0.2) is 0 Å². The summed E-state index contributed by atoms with van der Waals surface area (Å²) in [5, 5.41) is 6.89. The number of hydrogen-bond acceptors (Lipinski definition) is 8. The third-order valence-corrected chi connectivity index (χ3v) is 4.69. The number of aromatic nitrogens is 3. The van der Waals surface area contributed by atoms with Crippen LogP contribution in [-0.4, -0.2) is 52.4 Å². The summed E-state index contributed by atoms with van der Waals surface area (Å²) in [7, 11) is 0. The zero-order valence-corrected chi connectivity index (χ0v) is 14.9. The Balaban J connectivity index is 1.13. The van der Waals surface area contributed by atoms with Crippen molar-refractivity contribution in [2.45, 2.75) is 5.92 Å². The molecule has 1 amide bonds. The molecule has 1 saturated heterocycles. The molecule has 0 spiro atoms. The monoisotopic (exact) mass is 379 g/mol. The molecule has 9 nitrogen and oxygen atoms in total. The molecule has 1 N–H and O–H groups in total. The molecule has 0 radical (unpaired) electrons. The van der Waals surface area contributed by atoms with Crippen molar-refractivity contribution in [2.24, 2.45) is 0 Å². The van der Waals surface area contributed by atoms with Crippen LogP contribution in [0.25, 0.3) is 11.4 Å². The van der Waals surface area contributed by atoms with E-state index in [0.29, 0.717) is 48.5 Å². The SMILES string of the molecule is O=C(CN1CC(c2nc(-c3cccnc3)no2)C1)Nc1ccc2c(c1)OCO2. The minimum Gasteiger partial charge on any atom is -0.454 e. The molecule has 0 unspecified atom stereocenters. The van der Waals surface area contributed by atoms with Crippen molar-refractivity contribution < 1.29 is 18.8 Å². The van der Waals surface area contributed by atoms with E-state index < -0.39 is 0 Å². The smallest absolute Gasteiger partial charge is 0.238 e. The van der Waals surface area contributed by atoms with Crippen LogP contribution < -0.4 is 14.8 Å². The molecule has 0 atom stereocenters. The van der Waals surface area contributed by atoms with Gasteiger partial charge in [0.15, 0.2) is 11.5 Å².